The number of nitrogens with one attached hydrogen (secondary N) is 1. The van der Waals surface area contributed by atoms with Gasteiger partial charge in [-0.15, -0.1) is 0 Å². The number of carbonyl (C=O) groups is 1. The van der Waals surface area contributed by atoms with Crippen LogP contribution in [0.2, 0.25) is 0 Å². The molecule has 0 saturated heterocycles. The molecule has 0 aromatic heterocycles. The fourth-order valence-corrected chi connectivity index (χ4v) is 2.15. The molecule has 16 heavy (non-hydrogen) atoms. The van der Waals surface area contributed by atoms with Crippen LogP contribution in [-0.2, 0) is 4.79 Å². The highest BCUT2D eigenvalue weighted by atomic mass is 16.4. The molecule has 5 nitrogen and oxygen atoms in total. The Labute approximate surface area is 96.1 Å². The largest absolute Gasteiger partial charge is 0.409 e. The maximum absolute atomic E-state index is 11.5. The Morgan fingerprint density at radius 3 is 2.56 bits per heavy atom. The summed E-state index contributed by atoms with van der Waals surface area (Å²) in [4.78, 5) is 11.5. The van der Waals surface area contributed by atoms with Gasteiger partial charge < -0.3 is 16.3 Å². The number of rotatable bonds is 3. The molecule has 1 fully saturated rings. The molecule has 92 valence electrons. The molecule has 1 aliphatic carbocycles. The van der Waals surface area contributed by atoms with Gasteiger partial charge in [-0.05, 0) is 31.6 Å². The third kappa shape index (κ3) is 2.65. The summed E-state index contributed by atoms with van der Waals surface area (Å²) in [5, 5.41) is 14.8. The van der Waals surface area contributed by atoms with Crippen LogP contribution in [0, 0.1) is 5.92 Å². The summed E-state index contributed by atoms with van der Waals surface area (Å²) in [5.74, 6) is 0.709. The molecule has 1 aliphatic rings. The lowest BCUT2D eigenvalue weighted by Crippen LogP contribution is -2.59. The Balaban J connectivity index is 2.81. The molecule has 0 aromatic carbocycles. The molecule has 0 atom stereocenters. The fraction of sp³-hybridized carbons (Fsp3) is 0.818. The zero-order valence-corrected chi connectivity index (χ0v) is 9.99. The zero-order valence-electron chi connectivity index (χ0n) is 9.99. The first-order chi connectivity index (χ1) is 7.54. The molecule has 0 unspecified atom stereocenters. The summed E-state index contributed by atoms with van der Waals surface area (Å²) in [6, 6.07) is 0. The van der Waals surface area contributed by atoms with E-state index < -0.39 is 5.54 Å². The van der Waals surface area contributed by atoms with E-state index in [9.17, 15) is 4.79 Å². The van der Waals surface area contributed by atoms with Gasteiger partial charge in [0, 0.05) is 6.42 Å². The van der Waals surface area contributed by atoms with Gasteiger partial charge in [-0.25, -0.2) is 0 Å². The van der Waals surface area contributed by atoms with Gasteiger partial charge in [-0.3, -0.25) is 4.79 Å². The average molecular weight is 227 g/mol. The zero-order chi connectivity index (χ0) is 12.2. The molecule has 5 heteroatoms. The normalized spacial score (nSPS) is 31.1. The van der Waals surface area contributed by atoms with E-state index in [-0.39, 0.29) is 11.7 Å². The minimum Gasteiger partial charge on any atom is -0.409 e. The molecule has 0 spiro atoms. The van der Waals surface area contributed by atoms with E-state index in [1.54, 1.807) is 6.92 Å². The molecule has 0 bridgehead atoms. The van der Waals surface area contributed by atoms with Crippen molar-refractivity contribution in [2.45, 2.75) is 51.5 Å². The van der Waals surface area contributed by atoms with Gasteiger partial charge in [-0.2, -0.15) is 0 Å². The van der Waals surface area contributed by atoms with Gasteiger partial charge in [0.15, 0.2) is 5.84 Å². The second-order valence-electron chi connectivity index (χ2n) is 4.65. The van der Waals surface area contributed by atoms with Gasteiger partial charge in [0.1, 0.15) is 5.54 Å². The second-order valence-corrected chi connectivity index (χ2v) is 4.65. The van der Waals surface area contributed by atoms with E-state index in [1.807, 2.05) is 0 Å². The Kier molecular flexibility index (Phi) is 4.15. The minimum atomic E-state index is -0.631. The summed E-state index contributed by atoms with van der Waals surface area (Å²) in [7, 11) is 0. The number of hydrogen-bond acceptors (Lipinski definition) is 3. The third-order valence-electron chi connectivity index (χ3n) is 3.43. The summed E-state index contributed by atoms with van der Waals surface area (Å²) in [6.45, 7) is 3.97. The highest BCUT2D eigenvalue weighted by molar-refractivity contribution is 5.93. The average Bonchev–Trinajstić information content (AvgIpc) is 2.31. The van der Waals surface area contributed by atoms with E-state index in [2.05, 4.69) is 17.4 Å². The summed E-state index contributed by atoms with van der Waals surface area (Å²) < 4.78 is 0. The van der Waals surface area contributed by atoms with E-state index in [1.165, 1.54) is 0 Å². The lowest BCUT2D eigenvalue weighted by atomic mass is 9.76. The number of carbonyl (C=O) groups excluding carboxylic acids is 1. The first kappa shape index (κ1) is 12.8. The molecule has 1 rings (SSSR count). The summed E-state index contributed by atoms with van der Waals surface area (Å²) in [5.41, 5.74) is 5.09. The lowest BCUT2D eigenvalue weighted by molar-refractivity contribution is -0.122. The molecule has 0 heterocycles. The van der Waals surface area contributed by atoms with Gasteiger partial charge >= 0.3 is 0 Å². The van der Waals surface area contributed by atoms with Crippen LogP contribution in [0.3, 0.4) is 0 Å². The first-order valence-electron chi connectivity index (χ1n) is 5.83. The van der Waals surface area contributed by atoms with Crippen molar-refractivity contribution in [3.05, 3.63) is 0 Å². The second kappa shape index (κ2) is 5.18. The number of amides is 1. The van der Waals surface area contributed by atoms with Crippen molar-refractivity contribution >= 4 is 11.7 Å². The van der Waals surface area contributed by atoms with Crippen LogP contribution in [0.15, 0.2) is 5.16 Å². The Bertz CT molecular complexity index is 281. The Morgan fingerprint density at radius 2 is 2.12 bits per heavy atom. The Hall–Kier alpha value is -1.26. The molecule has 0 radical (unpaired) electrons. The highest BCUT2D eigenvalue weighted by Gasteiger charge is 2.39. The number of oxime groups is 1. The van der Waals surface area contributed by atoms with Crippen molar-refractivity contribution in [1.29, 1.82) is 0 Å². The van der Waals surface area contributed by atoms with E-state index in [4.69, 9.17) is 10.9 Å². The van der Waals surface area contributed by atoms with Crippen LogP contribution in [-0.4, -0.2) is 22.5 Å². The molecule has 1 amide bonds. The summed E-state index contributed by atoms with van der Waals surface area (Å²) >= 11 is 0. The van der Waals surface area contributed by atoms with E-state index >= 15 is 0 Å². The predicted octanol–water partition coefficient (Wildman–Crippen LogP) is 1.21. The SMILES string of the molecule is CCC(=O)NC1(/C(N)=N/O)CCC(C)CC1. The first-order valence-corrected chi connectivity index (χ1v) is 5.83. The smallest absolute Gasteiger partial charge is 0.220 e. The fourth-order valence-electron chi connectivity index (χ4n) is 2.15. The number of hydrogen-bond donors (Lipinski definition) is 3. The van der Waals surface area contributed by atoms with Crippen molar-refractivity contribution in [1.82, 2.24) is 5.32 Å². The monoisotopic (exact) mass is 227 g/mol. The number of nitrogens with zero attached hydrogens (tertiary/aromatic N) is 1. The van der Waals surface area contributed by atoms with Gasteiger partial charge in [0.2, 0.25) is 5.91 Å². The van der Waals surface area contributed by atoms with Crippen LogP contribution in [0.4, 0.5) is 0 Å². The minimum absolute atomic E-state index is 0.0545. The van der Waals surface area contributed by atoms with Crippen LogP contribution in [0.1, 0.15) is 46.0 Å². The molecule has 1 saturated carbocycles. The maximum atomic E-state index is 11.5. The molecular weight excluding hydrogens is 206 g/mol. The maximum Gasteiger partial charge on any atom is 0.220 e. The predicted molar refractivity (Wildman–Crippen MR) is 62.2 cm³/mol. The van der Waals surface area contributed by atoms with Crippen molar-refractivity contribution in [3.8, 4) is 0 Å². The van der Waals surface area contributed by atoms with Crippen LogP contribution < -0.4 is 11.1 Å². The quantitative estimate of drug-likeness (QED) is 0.293. The van der Waals surface area contributed by atoms with Gasteiger partial charge in [0.25, 0.3) is 0 Å². The number of amidine groups is 1. The van der Waals surface area contributed by atoms with E-state index in [0.29, 0.717) is 12.3 Å². The van der Waals surface area contributed by atoms with E-state index in [0.717, 1.165) is 25.7 Å². The molecular formula is C11H21N3O2. The van der Waals surface area contributed by atoms with Crippen molar-refractivity contribution in [3.63, 3.8) is 0 Å². The van der Waals surface area contributed by atoms with Gasteiger partial charge in [-0.1, -0.05) is 19.0 Å². The topological polar surface area (TPSA) is 87.7 Å². The third-order valence-corrected chi connectivity index (χ3v) is 3.43. The van der Waals surface area contributed by atoms with Crippen LogP contribution >= 0.6 is 0 Å². The van der Waals surface area contributed by atoms with Crippen molar-refractivity contribution < 1.29 is 10.0 Å². The van der Waals surface area contributed by atoms with Crippen molar-refractivity contribution in [2.75, 3.05) is 0 Å². The molecule has 0 aromatic rings. The van der Waals surface area contributed by atoms with Crippen LogP contribution in [0.25, 0.3) is 0 Å². The van der Waals surface area contributed by atoms with Crippen LogP contribution in [0.5, 0.6) is 0 Å². The summed E-state index contributed by atoms with van der Waals surface area (Å²) in [6.07, 6.45) is 3.88. The van der Waals surface area contributed by atoms with Gasteiger partial charge in [0.05, 0.1) is 0 Å². The molecule has 4 N–H and O–H groups in total. The standard InChI is InChI=1S/C11H21N3O2/c1-3-9(15)13-11(10(12)14-16)6-4-8(2)5-7-11/h8,16H,3-7H2,1-2H3,(H2,12,14)(H,13,15). The molecule has 0 aliphatic heterocycles. The Morgan fingerprint density at radius 1 is 1.56 bits per heavy atom. The highest BCUT2D eigenvalue weighted by Crippen LogP contribution is 2.32. The lowest BCUT2D eigenvalue weighted by Gasteiger charge is -2.38. The van der Waals surface area contributed by atoms with Crippen molar-refractivity contribution in [2.24, 2.45) is 16.8 Å². The number of nitrogens with two attached hydrogens (primary N) is 1.